The van der Waals surface area contributed by atoms with E-state index in [4.69, 9.17) is 4.98 Å². The molecule has 3 fully saturated rings. The molecule has 3 aliphatic rings. The van der Waals surface area contributed by atoms with E-state index >= 15 is 0 Å². The Labute approximate surface area is 168 Å². The van der Waals surface area contributed by atoms with Gasteiger partial charge in [-0.15, -0.1) is 0 Å². The van der Waals surface area contributed by atoms with Crippen LogP contribution in [-0.4, -0.2) is 71.6 Å². The molecular weight excluding hydrogens is 346 g/mol. The van der Waals surface area contributed by atoms with Crippen LogP contribution in [0.15, 0.2) is 30.5 Å². The lowest BCUT2D eigenvalue weighted by molar-refractivity contribution is 0.0730. The molecule has 0 aliphatic carbocycles. The van der Waals surface area contributed by atoms with Crippen LogP contribution < -0.4 is 4.90 Å². The van der Waals surface area contributed by atoms with Crippen molar-refractivity contribution in [2.45, 2.75) is 44.1 Å². The normalized spacial score (nSPS) is 24.4. The molecule has 5 nitrogen and oxygen atoms in total. The quantitative estimate of drug-likeness (QED) is 0.817. The number of likely N-dealkylation sites (tertiary alicyclic amines) is 2. The van der Waals surface area contributed by atoms with Crippen molar-refractivity contribution in [3.05, 3.63) is 30.5 Å². The molecule has 0 amide bonds. The van der Waals surface area contributed by atoms with E-state index in [0.717, 1.165) is 35.9 Å². The van der Waals surface area contributed by atoms with Gasteiger partial charge in [0.25, 0.3) is 0 Å². The van der Waals surface area contributed by atoms with Crippen molar-refractivity contribution in [3.63, 3.8) is 0 Å². The van der Waals surface area contributed by atoms with Gasteiger partial charge >= 0.3 is 0 Å². The summed E-state index contributed by atoms with van der Waals surface area (Å²) in [5.74, 6) is 1.95. The van der Waals surface area contributed by atoms with Crippen LogP contribution in [0.1, 0.15) is 38.5 Å². The maximum absolute atomic E-state index is 4.88. The highest BCUT2D eigenvalue weighted by atomic mass is 15.3. The highest BCUT2D eigenvalue weighted by Gasteiger charge is 2.43. The second kappa shape index (κ2) is 7.60. The Morgan fingerprint density at radius 1 is 0.964 bits per heavy atom. The van der Waals surface area contributed by atoms with Crippen LogP contribution in [0.5, 0.6) is 0 Å². The number of rotatable bonds is 3. The number of piperidine rings is 2. The number of para-hydroxylation sites is 2. The van der Waals surface area contributed by atoms with Gasteiger partial charge in [0.1, 0.15) is 5.82 Å². The van der Waals surface area contributed by atoms with Crippen LogP contribution in [0, 0.1) is 5.92 Å². The predicted octanol–water partition coefficient (Wildman–Crippen LogP) is 3.41. The Morgan fingerprint density at radius 2 is 1.71 bits per heavy atom. The van der Waals surface area contributed by atoms with Crippen molar-refractivity contribution in [3.8, 4) is 0 Å². The molecule has 2 aromatic rings. The van der Waals surface area contributed by atoms with Crippen molar-refractivity contribution in [2.24, 2.45) is 5.92 Å². The van der Waals surface area contributed by atoms with Crippen LogP contribution in [0.4, 0.5) is 5.82 Å². The predicted molar refractivity (Wildman–Crippen MR) is 115 cm³/mol. The van der Waals surface area contributed by atoms with Gasteiger partial charge in [0.15, 0.2) is 0 Å². The molecule has 5 rings (SSSR count). The zero-order chi connectivity index (χ0) is 19.0. The third kappa shape index (κ3) is 3.50. The molecule has 4 heterocycles. The van der Waals surface area contributed by atoms with Gasteiger partial charge in [0, 0.05) is 25.2 Å². The van der Waals surface area contributed by atoms with Crippen molar-refractivity contribution >= 4 is 16.9 Å². The first-order valence-electron chi connectivity index (χ1n) is 11.1. The van der Waals surface area contributed by atoms with E-state index in [2.05, 4.69) is 32.8 Å². The van der Waals surface area contributed by atoms with Crippen molar-refractivity contribution in [2.75, 3.05) is 51.2 Å². The molecule has 0 saturated carbocycles. The summed E-state index contributed by atoms with van der Waals surface area (Å²) in [4.78, 5) is 17.3. The lowest BCUT2D eigenvalue weighted by atomic mass is 9.84. The molecule has 1 spiro atoms. The Balaban J connectivity index is 1.24. The molecule has 0 atom stereocenters. The van der Waals surface area contributed by atoms with Crippen LogP contribution in [0.2, 0.25) is 0 Å². The fourth-order valence-corrected chi connectivity index (χ4v) is 5.65. The summed E-state index contributed by atoms with van der Waals surface area (Å²) in [6, 6.07) is 8.18. The average molecular weight is 380 g/mol. The van der Waals surface area contributed by atoms with Gasteiger partial charge < -0.3 is 9.80 Å². The summed E-state index contributed by atoms with van der Waals surface area (Å²) in [6.45, 7) is 7.40. The standard InChI is InChI=1S/C23H33N5/c1-26-13-7-19(8-14-26)18-28-12-4-9-23(28)10-15-27(16-11-23)22-17-24-20-5-2-3-6-21(20)25-22/h2-3,5-6,17,19H,4,7-16,18H2,1H3. The number of hydrogen-bond donors (Lipinski definition) is 0. The van der Waals surface area contributed by atoms with Crippen molar-refractivity contribution in [1.29, 1.82) is 0 Å². The van der Waals surface area contributed by atoms with E-state index in [1.54, 1.807) is 0 Å². The summed E-state index contributed by atoms with van der Waals surface area (Å²) < 4.78 is 0. The highest BCUT2D eigenvalue weighted by molar-refractivity contribution is 5.75. The lowest BCUT2D eigenvalue weighted by Crippen LogP contribution is -2.54. The second-order valence-corrected chi connectivity index (χ2v) is 9.22. The summed E-state index contributed by atoms with van der Waals surface area (Å²) in [5.41, 5.74) is 2.44. The van der Waals surface area contributed by atoms with Gasteiger partial charge in [-0.2, -0.15) is 0 Å². The number of aromatic nitrogens is 2. The molecule has 1 aromatic carbocycles. The number of fused-ring (bicyclic) bond motifs is 1. The third-order valence-corrected chi connectivity index (χ3v) is 7.51. The third-order valence-electron chi connectivity index (χ3n) is 7.51. The zero-order valence-corrected chi connectivity index (χ0v) is 17.2. The molecule has 5 heteroatoms. The molecule has 3 saturated heterocycles. The molecular formula is C23H33N5. The minimum atomic E-state index is 0.449. The minimum Gasteiger partial charge on any atom is -0.355 e. The number of benzene rings is 1. The van der Waals surface area contributed by atoms with E-state index in [0.29, 0.717) is 5.54 Å². The summed E-state index contributed by atoms with van der Waals surface area (Å²) in [6.07, 6.45) is 10.0. The maximum atomic E-state index is 4.88. The summed E-state index contributed by atoms with van der Waals surface area (Å²) >= 11 is 0. The first-order chi connectivity index (χ1) is 13.7. The molecule has 0 radical (unpaired) electrons. The largest absolute Gasteiger partial charge is 0.355 e. The van der Waals surface area contributed by atoms with Gasteiger partial charge in [-0.05, 0) is 83.3 Å². The Kier molecular flexibility index (Phi) is 4.97. The van der Waals surface area contributed by atoms with Crippen LogP contribution >= 0.6 is 0 Å². The molecule has 1 aromatic heterocycles. The molecule has 0 bridgehead atoms. The SMILES string of the molecule is CN1CCC(CN2CCCC23CCN(c2cnc4ccccc4n2)CC3)CC1. The number of nitrogens with zero attached hydrogens (tertiary/aromatic N) is 5. The minimum absolute atomic E-state index is 0.449. The van der Waals surface area contributed by atoms with E-state index in [9.17, 15) is 0 Å². The summed E-state index contributed by atoms with van der Waals surface area (Å²) in [5, 5.41) is 0. The lowest BCUT2D eigenvalue weighted by Gasteiger charge is -2.47. The van der Waals surface area contributed by atoms with Crippen LogP contribution in [-0.2, 0) is 0 Å². The first-order valence-corrected chi connectivity index (χ1v) is 11.1. The van der Waals surface area contributed by atoms with Crippen LogP contribution in [0.25, 0.3) is 11.0 Å². The van der Waals surface area contributed by atoms with Gasteiger partial charge in [0.2, 0.25) is 0 Å². The van der Waals surface area contributed by atoms with Gasteiger partial charge in [-0.3, -0.25) is 9.88 Å². The molecule has 3 aliphatic heterocycles. The van der Waals surface area contributed by atoms with Gasteiger partial charge in [-0.25, -0.2) is 4.98 Å². The Hall–Kier alpha value is -1.72. The van der Waals surface area contributed by atoms with Crippen molar-refractivity contribution < 1.29 is 0 Å². The van der Waals surface area contributed by atoms with E-state index < -0.39 is 0 Å². The zero-order valence-electron chi connectivity index (χ0n) is 17.2. The summed E-state index contributed by atoms with van der Waals surface area (Å²) in [7, 11) is 2.26. The second-order valence-electron chi connectivity index (χ2n) is 9.22. The smallest absolute Gasteiger partial charge is 0.147 e. The number of anilines is 1. The maximum Gasteiger partial charge on any atom is 0.147 e. The first kappa shape index (κ1) is 18.3. The molecule has 0 unspecified atom stereocenters. The van der Waals surface area contributed by atoms with Gasteiger partial charge in [0.05, 0.1) is 17.2 Å². The highest BCUT2D eigenvalue weighted by Crippen LogP contribution is 2.40. The fourth-order valence-electron chi connectivity index (χ4n) is 5.65. The molecule has 28 heavy (non-hydrogen) atoms. The van der Waals surface area contributed by atoms with Crippen molar-refractivity contribution in [1.82, 2.24) is 19.8 Å². The van der Waals surface area contributed by atoms with Gasteiger partial charge in [-0.1, -0.05) is 12.1 Å². The van der Waals surface area contributed by atoms with E-state index in [1.165, 1.54) is 64.7 Å². The topological polar surface area (TPSA) is 35.5 Å². The molecule has 0 N–H and O–H groups in total. The monoisotopic (exact) mass is 379 g/mol. The Bertz CT molecular complexity index is 805. The van der Waals surface area contributed by atoms with Crippen LogP contribution in [0.3, 0.4) is 0 Å². The molecule has 150 valence electrons. The fraction of sp³-hybridized carbons (Fsp3) is 0.652. The Morgan fingerprint density at radius 3 is 2.50 bits per heavy atom. The number of hydrogen-bond acceptors (Lipinski definition) is 5. The van der Waals surface area contributed by atoms with E-state index in [1.807, 2.05) is 24.4 Å². The average Bonchev–Trinajstić information content (AvgIpc) is 3.11. The van der Waals surface area contributed by atoms with E-state index in [-0.39, 0.29) is 0 Å².